The number of hydrogen-bond donors (Lipinski definition) is 2. The second kappa shape index (κ2) is 7.59. The maximum Gasteiger partial charge on any atom is 0.224 e. The van der Waals surface area contributed by atoms with Gasteiger partial charge in [-0.25, -0.2) is 0 Å². The topological polar surface area (TPSA) is 72.9 Å². The Bertz CT molecular complexity index is 445. The highest BCUT2D eigenvalue weighted by molar-refractivity contribution is 5.90. The molecular weight excluding hydrogens is 264 g/mol. The van der Waals surface area contributed by atoms with Gasteiger partial charge in [0.15, 0.2) is 0 Å². The van der Waals surface area contributed by atoms with Crippen molar-refractivity contribution in [3.8, 4) is 0 Å². The summed E-state index contributed by atoms with van der Waals surface area (Å²) < 4.78 is 1.84. The maximum absolute atomic E-state index is 12.0. The molecule has 120 valence electrons. The number of nitrogens with one attached hydrogen (secondary N) is 1. The minimum absolute atomic E-state index is 0.0459. The Morgan fingerprint density at radius 1 is 1.38 bits per heavy atom. The van der Waals surface area contributed by atoms with Crippen molar-refractivity contribution in [3.63, 3.8) is 0 Å². The van der Waals surface area contributed by atoms with Gasteiger partial charge < -0.3 is 11.1 Å². The van der Waals surface area contributed by atoms with Crippen LogP contribution in [0.5, 0.6) is 0 Å². The lowest BCUT2D eigenvalue weighted by molar-refractivity contribution is -0.116. The van der Waals surface area contributed by atoms with E-state index in [9.17, 15) is 4.79 Å². The van der Waals surface area contributed by atoms with Crippen LogP contribution < -0.4 is 11.1 Å². The Kier molecular flexibility index (Phi) is 6.40. The van der Waals surface area contributed by atoms with Crippen LogP contribution in [0.3, 0.4) is 0 Å². The molecule has 0 aliphatic heterocycles. The summed E-state index contributed by atoms with van der Waals surface area (Å²) in [5.74, 6) is 0.510. The van der Waals surface area contributed by atoms with E-state index < -0.39 is 0 Å². The number of rotatable bonds is 7. The largest absolute Gasteiger partial charge is 0.330 e. The van der Waals surface area contributed by atoms with Gasteiger partial charge in [0, 0.05) is 18.7 Å². The number of amides is 1. The highest BCUT2D eigenvalue weighted by atomic mass is 16.1. The van der Waals surface area contributed by atoms with Crippen LogP contribution in [0.25, 0.3) is 0 Å². The first-order chi connectivity index (χ1) is 9.74. The van der Waals surface area contributed by atoms with Crippen molar-refractivity contribution in [3.05, 3.63) is 12.4 Å². The summed E-state index contributed by atoms with van der Waals surface area (Å²) in [7, 11) is 0. The number of hydrogen-bond acceptors (Lipinski definition) is 3. The van der Waals surface area contributed by atoms with E-state index in [-0.39, 0.29) is 11.3 Å². The normalized spacial score (nSPS) is 13.5. The van der Waals surface area contributed by atoms with E-state index in [0.717, 1.165) is 18.5 Å². The molecule has 1 aromatic rings. The van der Waals surface area contributed by atoms with Crippen molar-refractivity contribution in [2.24, 2.45) is 17.1 Å². The van der Waals surface area contributed by atoms with Crippen LogP contribution >= 0.6 is 0 Å². The molecule has 5 nitrogen and oxygen atoms in total. The number of nitrogens with two attached hydrogens (primary N) is 1. The lowest BCUT2D eigenvalue weighted by atomic mass is 9.76. The number of carbonyl (C=O) groups is 1. The highest BCUT2D eigenvalue weighted by Gasteiger charge is 2.24. The third-order valence-electron chi connectivity index (χ3n) is 3.87. The lowest BCUT2D eigenvalue weighted by Crippen LogP contribution is -2.25. The van der Waals surface area contributed by atoms with Gasteiger partial charge in [-0.05, 0) is 44.6 Å². The lowest BCUT2D eigenvalue weighted by Gasteiger charge is -2.30. The van der Waals surface area contributed by atoms with Crippen LogP contribution in [0.2, 0.25) is 0 Å². The fourth-order valence-corrected chi connectivity index (χ4v) is 2.43. The van der Waals surface area contributed by atoms with Crippen LogP contribution in [-0.2, 0) is 4.79 Å². The van der Waals surface area contributed by atoms with E-state index in [0.29, 0.717) is 24.9 Å². The molecule has 5 heteroatoms. The standard InChI is InChI=1S/C16H30N4O/c1-12(2)20-11-14(10-18-20)19-15(21)7-6-13(8-9-17)16(3,4)5/h10-13H,6-9,17H2,1-5H3,(H,19,21). The van der Waals surface area contributed by atoms with Gasteiger partial charge in [-0.2, -0.15) is 5.10 Å². The van der Waals surface area contributed by atoms with E-state index in [1.165, 1.54) is 0 Å². The molecule has 0 aromatic carbocycles. The van der Waals surface area contributed by atoms with Gasteiger partial charge in [0.05, 0.1) is 11.9 Å². The molecule has 1 heterocycles. The molecule has 0 saturated heterocycles. The average molecular weight is 294 g/mol. The SMILES string of the molecule is CC(C)n1cc(NC(=O)CCC(CCN)C(C)(C)C)cn1. The van der Waals surface area contributed by atoms with Gasteiger partial charge in [-0.3, -0.25) is 9.48 Å². The first kappa shape index (κ1) is 17.7. The van der Waals surface area contributed by atoms with Crippen molar-refractivity contribution in [1.29, 1.82) is 0 Å². The second-order valence-corrected chi connectivity index (χ2v) is 7.03. The number of anilines is 1. The van der Waals surface area contributed by atoms with E-state index in [1.807, 2.05) is 10.9 Å². The molecule has 21 heavy (non-hydrogen) atoms. The van der Waals surface area contributed by atoms with Crippen molar-refractivity contribution in [2.45, 2.75) is 59.9 Å². The molecule has 0 radical (unpaired) electrons. The fourth-order valence-electron chi connectivity index (χ4n) is 2.43. The minimum atomic E-state index is 0.0459. The van der Waals surface area contributed by atoms with E-state index in [1.54, 1.807) is 6.20 Å². The molecule has 3 N–H and O–H groups in total. The summed E-state index contributed by atoms with van der Waals surface area (Å²) in [4.78, 5) is 12.0. The summed E-state index contributed by atoms with van der Waals surface area (Å²) in [5.41, 5.74) is 6.62. The molecule has 1 rings (SSSR count). The van der Waals surface area contributed by atoms with Gasteiger partial charge in [-0.1, -0.05) is 20.8 Å². The Labute approximate surface area is 128 Å². The van der Waals surface area contributed by atoms with Gasteiger partial charge in [-0.15, -0.1) is 0 Å². The number of nitrogens with zero attached hydrogens (tertiary/aromatic N) is 2. The van der Waals surface area contributed by atoms with E-state index >= 15 is 0 Å². The zero-order valence-electron chi connectivity index (χ0n) is 14.0. The molecule has 0 bridgehead atoms. The Morgan fingerprint density at radius 3 is 2.52 bits per heavy atom. The zero-order chi connectivity index (χ0) is 16.0. The molecular formula is C16H30N4O. The van der Waals surface area contributed by atoms with Crippen LogP contribution in [0, 0.1) is 11.3 Å². The van der Waals surface area contributed by atoms with Crippen LogP contribution in [0.1, 0.15) is 59.9 Å². The molecule has 0 saturated carbocycles. The molecule has 0 aliphatic rings. The summed E-state index contributed by atoms with van der Waals surface area (Å²) in [5, 5.41) is 7.13. The van der Waals surface area contributed by atoms with Gasteiger partial charge in [0.1, 0.15) is 0 Å². The Balaban J connectivity index is 2.49. The van der Waals surface area contributed by atoms with Crippen LogP contribution in [0.15, 0.2) is 12.4 Å². The van der Waals surface area contributed by atoms with E-state index in [4.69, 9.17) is 5.73 Å². The molecule has 1 amide bonds. The minimum Gasteiger partial charge on any atom is -0.330 e. The van der Waals surface area contributed by atoms with Gasteiger partial charge in [0.2, 0.25) is 5.91 Å². The third kappa shape index (κ3) is 5.87. The molecule has 1 atom stereocenters. The summed E-state index contributed by atoms with van der Waals surface area (Å²) in [6.07, 6.45) is 5.91. The smallest absolute Gasteiger partial charge is 0.224 e. The predicted molar refractivity (Wildman–Crippen MR) is 87.1 cm³/mol. The molecule has 1 unspecified atom stereocenters. The Morgan fingerprint density at radius 2 is 2.05 bits per heavy atom. The summed E-state index contributed by atoms with van der Waals surface area (Å²) in [6, 6.07) is 0.297. The highest BCUT2D eigenvalue weighted by Crippen LogP contribution is 2.32. The molecule has 0 fully saturated rings. The van der Waals surface area contributed by atoms with Crippen molar-refractivity contribution in [2.75, 3.05) is 11.9 Å². The van der Waals surface area contributed by atoms with Crippen LogP contribution in [-0.4, -0.2) is 22.2 Å². The Hall–Kier alpha value is -1.36. The molecule has 0 aliphatic carbocycles. The first-order valence-corrected chi connectivity index (χ1v) is 7.78. The third-order valence-corrected chi connectivity index (χ3v) is 3.87. The monoisotopic (exact) mass is 294 g/mol. The average Bonchev–Trinajstić information content (AvgIpc) is 2.81. The van der Waals surface area contributed by atoms with Crippen LogP contribution in [0.4, 0.5) is 5.69 Å². The molecule has 0 spiro atoms. The zero-order valence-corrected chi connectivity index (χ0v) is 14.0. The number of carbonyl (C=O) groups excluding carboxylic acids is 1. The predicted octanol–water partition coefficient (Wildman–Crippen LogP) is 3.19. The molecule has 1 aromatic heterocycles. The fraction of sp³-hybridized carbons (Fsp3) is 0.750. The first-order valence-electron chi connectivity index (χ1n) is 7.78. The van der Waals surface area contributed by atoms with Gasteiger partial charge >= 0.3 is 0 Å². The van der Waals surface area contributed by atoms with Gasteiger partial charge in [0.25, 0.3) is 0 Å². The maximum atomic E-state index is 12.0. The number of aromatic nitrogens is 2. The van der Waals surface area contributed by atoms with E-state index in [2.05, 4.69) is 45.0 Å². The van der Waals surface area contributed by atoms with Crippen molar-refractivity contribution < 1.29 is 4.79 Å². The van der Waals surface area contributed by atoms with Crippen molar-refractivity contribution in [1.82, 2.24) is 9.78 Å². The summed E-state index contributed by atoms with van der Waals surface area (Å²) in [6.45, 7) is 11.4. The quantitative estimate of drug-likeness (QED) is 0.811. The van der Waals surface area contributed by atoms with Crippen molar-refractivity contribution >= 4 is 11.6 Å². The second-order valence-electron chi connectivity index (χ2n) is 7.03. The summed E-state index contributed by atoms with van der Waals surface area (Å²) >= 11 is 0.